The molecule has 0 heterocycles. The second-order valence-corrected chi connectivity index (χ2v) is 9.61. The maximum Gasteiger partial charge on any atom is 0.243 e. The lowest BCUT2D eigenvalue weighted by molar-refractivity contribution is -0.116. The zero-order chi connectivity index (χ0) is 21.7. The molecule has 0 aliphatic rings. The van der Waals surface area contributed by atoms with Gasteiger partial charge in [-0.2, -0.15) is 4.31 Å². The summed E-state index contributed by atoms with van der Waals surface area (Å²) >= 11 is 9.47. The molecule has 0 saturated carbocycles. The first-order valence-electron chi connectivity index (χ1n) is 8.81. The minimum Gasteiger partial charge on any atom is -0.322 e. The lowest BCUT2D eigenvalue weighted by atomic mass is 10.2. The summed E-state index contributed by atoms with van der Waals surface area (Å²) in [6.07, 6.45) is 0. The van der Waals surface area contributed by atoms with E-state index in [9.17, 15) is 17.6 Å². The Kier molecular flexibility index (Phi) is 7.25. The van der Waals surface area contributed by atoms with Gasteiger partial charge in [0.2, 0.25) is 15.9 Å². The largest absolute Gasteiger partial charge is 0.322 e. The summed E-state index contributed by atoms with van der Waals surface area (Å²) in [5, 5.41) is 2.79. The molecule has 3 aromatic rings. The number of sulfonamides is 1. The number of hydrogen-bond acceptors (Lipinski definition) is 3. The van der Waals surface area contributed by atoms with Crippen LogP contribution in [0.15, 0.2) is 82.2 Å². The molecule has 0 bridgehead atoms. The summed E-state index contributed by atoms with van der Waals surface area (Å²) in [6.45, 7) is -0.638. The molecule has 0 atom stereocenters. The van der Waals surface area contributed by atoms with Gasteiger partial charge in [0.05, 0.1) is 17.1 Å². The van der Waals surface area contributed by atoms with Crippen molar-refractivity contribution in [1.29, 1.82) is 0 Å². The van der Waals surface area contributed by atoms with Crippen LogP contribution in [0.2, 0.25) is 5.02 Å². The van der Waals surface area contributed by atoms with Crippen LogP contribution < -0.4 is 5.32 Å². The molecule has 0 aliphatic carbocycles. The molecule has 0 radical (unpaired) electrons. The van der Waals surface area contributed by atoms with E-state index in [1.165, 1.54) is 30.3 Å². The molecule has 3 aromatic carbocycles. The molecular weight excluding hydrogens is 495 g/mol. The Hall–Kier alpha value is -2.26. The van der Waals surface area contributed by atoms with Gasteiger partial charge < -0.3 is 5.32 Å². The fraction of sp³-hybridized carbons (Fsp3) is 0.0952. The van der Waals surface area contributed by atoms with Gasteiger partial charge in [0, 0.05) is 16.0 Å². The average molecular weight is 512 g/mol. The summed E-state index contributed by atoms with van der Waals surface area (Å²) in [7, 11) is -4.03. The number of nitrogens with zero attached hydrogens (tertiary/aromatic N) is 1. The first-order chi connectivity index (χ1) is 14.3. The third-order valence-electron chi connectivity index (χ3n) is 4.22. The highest BCUT2D eigenvalue weighted by Crippen LogP contribution is 2.24. The van der Waals surface area contributed by atoms with E-state index in [4.69, 9.17) is 11.6 Å². The van der Waals surface area contributed by atoms with Crippen molar-refractivity contribution in [3.8, 4) is 0 Å². The quantitative estimate of drug-likeness (QED) is 0.482. The summed E-state index contributed by atoms with van der Waals surface area (Å²) in [6, 6.07) is 18.5. The van der Waals surface area contributed by atoms with Crippen molar-refractivity contribution < 1.29 is 17.6 Å². The van der Waals surface area contributed by atoms with Crippen LogP contribution in [-0.2, 0) is 21.4 Å². The maximum absolute atomic E-state index is 13.9. The molecule has 1 N–H and O–H groups in total. The Bertz CT molecular complexity index is 1160. The number of para-hydroxylation sites is 1. The SMILES string of the molecule is O=C(CN(Cc1ccccc1Cl)S(=O)(=O)c1ccc(Br)cc1)Nc1ccccc1F. The maximum atomic E-state index is 13.9. The monoisotopic (exact) mass is 510 g/mol. The zero-order valence-corrected chi connectivity index (χ0v) is 18.7. The van der Waals surface area contributed by atoms with Crippen LogP contribution in [0.25, 0.3) is 0 Å². The minimum atomic E-state index is -4.03. The minimum absolute atomic E-state index is 0.0245. The number of carbonyl (C=O) groups excluding carboxylic acids is 1. The van der Waals surface area contributed by atoms with Crippen LogP contribution in [0, 0.1) is 5.82 Å². The van der Waals surface area contributed by atoms with E-state index in [0.29, 0.717) is 10.6 Å². The molecule has 3 rings (SSSR count). The molecule has 0 unspecified atom stereocenters. The molecular formula is C21H17BrClFN2O3S. The number of carbonyl (C=O) groups is 1. The Balaban J connectivity index is 1.91. The lowest BCUT2D eigenvalue weighted by Crippen LogP contribution is -2.37. The van der Waals surface area contributed by atoms with Gasteiger partial charge in [-0.1, -0.05) is 57.9 Å². The van der Waals surface area contributed by atoms with Crippen molar-refractivity contribution in [2.45, 2.75) is 11.4 Å². The third kappa shape index (κ3) is 5.46. The fourth-order valence-electron chi connectivity index (χ4n) is 2.71. The molecule has 0 aliphatic heterocycles. The van der Waals surface area contributed by atoms with Crippen LogP contribution in [0.5, 0.6) is 0 Å². The number of nitrogens with one attached hydrogen (secondary N) is 1. The van der Waals surface area contributed by atoms with Crippen LogP contribution in [-0.4, -0.2) is 25.2 Å². The van der Waals surface area contributed by atoms with Gasteiger partial charge in [-0.3, -0.25) is 4.79 Å². The fourth-order valence-corrected chi connectivity index (χ4v) is 4.54. The van der Waals surface area contributed by atoms with Crippen molar-refractivity contribution >= 4 is 49.1 Å². The van der Waals surface area contributed by atoms with Gasteiger partial charge in [-0.15, -0.1) is 0 Å². The first kappa shape index (κ1) is 22.4. The van der Waals surface area contributed by atoms with Gasteiger partial charge in [0.25, 0.3) is 0 Å². The van der Waals surface area contributed by atoms with E-state index in [1.54, 1.807) is 42.5 Å². The van der Waals surface area contributed by atoms with E-state index in [0.717, 1.165) is 8.78 Å². The van der Waals surface area contributed by atoms with Gasteiger partial charge in [0.15, 0.2) is 0 Å². The highest BCUT2D eigenvalue weighted by atomic mass is 79.9. The molecule has 0 spiro atoms. The number of amides is 1. The second kappa shape index (κ2) is 9.70. The van der Waals surface area contributed by atoms with Crippen LogP contribution >= 0.6 is 27.5 Å². The number of rotatable bonds is 7. The summed E-state index contributed by atoms with van der Waals surface area (Å²) in [4.78, 5) is 12.6. The highest BCUT2D eigenvalue weighted by molar-refractivity contribution is 9.10. The van der Waals surface area contributed by atoms with Crippen molar-refractivity contribution in [2.24, 2.45) is 0 Å². The second-order valence-electron chi connectivity index (χ2n) is 6.35. The predicted molar refractivity (Wildman–Crippen MR) is 118 cm³/mol. The number of hydrogen-bond donors (Lipinski definition) is 1. The Morgan fingerprint density at radius 1 is 1.00 bits per heavy atom. The third-order valence-corrected chi connectivity index (χ3v) is 6.93. The Morgan fingerprint density at radius 3 is 2.30 bits per heavy atom. The zero-order valence-electron chi connectivity index (χ0n) is 15.6. The van der Waals surface area contributed by atoms with Crippen molar-refractivity contribution in [2.75, 3.05) is 11.9 Å². The van der Waals surface area contributed by atoms with E-state index in [-0.39, 0.29) is 17.1 Å². The first-order valence-corrected chi connectivity index (χ1v) is 11.4. The topological polar surface area (TPSA) is 66.5 Å². The average Bonchev–Trinajstić information content (AvgIpc) is 2.71. The molecule has 1 amide bonds. The number of benzene rings is 3. The van der Waals surface area contributed by atoms with Crippen LogP contribution in [0.4, 0.5) is 10.1 Å². The normalized spacial score (nSPS) is 11.5. The van der Waals surface area contributed by atoms with Crippen LogP contribution in [0.1, 0.15) is 5.56 Å². The molecule has 0 aromatic heterocycles. The van der Waals surface area contributed by atoms with Crippen molar-refractivity contribution in [1.82, 2.24) is 4.31 Å². The Labute approximate surface area is 187 Å². The molecule has 30 heavy (non-hydrogen) atoms. The smallest absolute Gasteiger partial charge is 0.243 e. The molecule has 0 saturated heterocycles. The molecule has 156 valence electrons. The highest BCUT2D eigenvalue weighted by Gasteiger charge is 2.27. The standard InChI is InChI=1S/C21H17BrClFN2O3S/c22-16-9-11-17(12-10-16)30(28,29)26(13-15-5-1-2-6-18(15)23)14-21(27)25-20-8-4-3-7-19(20)24/h1-12H,13-14H2,(H,25,27). The number of halogens is 3. The summed E-state index contributed by atoms with van der Waals surface area (Å²) in [5.41, 5.74) is 0.514. The number of anilines is 1. The van der Waals surface area contributed by atoms with Gasteiger partial charge in [-0.25, -0.2) is 12.8 Å². The van der Waals surface area contributed by atoms with E-state index in [1.807, 2.05) is 0 Å². The predicted octanol–water partition coefficient (Wildman–Crippen LogP) is 5.07. The van der Waals surface area contributed by atoms with Gasteiger partial charge in [-0.05, 0) is 48.0 Å². The lowest BCUT2D eigenvalue weighted by Gasteiger charge is -2.22. The van der Waals surface area contributed by atoms with Crippen molar-refractivity contribution in [3.05, 3.63) is 93.7 Å². The van der Waals surface area contributed by atoms with Crippen molar-refractivity contribution in [3.63, 3.8) is 0 Å². The summed E-state index contributed by atoms with van der Waals surface area (Å²) in [5.74, 6) is -1.29. The molecule has 5 nitrogen and oxygen atoms in total. The summed E-state index contributed by atoms with van der Waals surface area (Å²) < 4.78 is 42.0. The molecule has 9 heteroatoms. The molecule has 0 fully saturated rings. The van der Waals surface area contributed by atoms with Gasteiger partial charge in [0.1, 0.15) is 5.82 Å². The van der Waals surface area contributed by atoms with E-state index >= 15 is 0 Å². The van der Waals surface area contributed by atoms with E-state index < -0.39 is 28.3 Å². The van der Waals surface area contributed by atoms with Gasteiger partial charge >= 0.3 is 0 Å². The Morgan fingerprint density at radius 2 is 1.63 bits per heavy atom. The van der Waals surface area contributed by atoms with Crippen LogP contribution in [0.3, 0.4) is 0 Å². The van der Waals surface area contributed by atoms with E-state index in [2.05, 4.69) is 21.2 Å².